The first-order chi connectivity index (χ1) is 17.9. The quantitative estimate of drug-likeness (QED) is 0.276. The first kappa shape index (κ1) is 26.7. The molecule has 0 aliphatic carbocycles. The summed E-state index contributed by atoms with van der Waals surface area (Å²) in [7, 11) is 1.56. The van der Waals surface area contributed by atoms with E-state index < -0.39 is 23.4 Å². The van der Waals surface area contributed by atoms with Crippen LogP contribution in [-0.4, -0.2) is 28.8 Å². The molecule has 10 heteroatoms. The zero-order chi connectivity index (χ0) is 27.5. The standard InChI is InChI=1S/C28H27F3N4O3/c1-27(2,3)38-26(36)35-24-14-19(13-18-8-9-21(37-4)15-22(18)24)23-10-11-32-25(34-23)33-16-17-6-5-7-20(12-17)28(29,30)31/h5-15H,16H2,1-4H3,(H,35,36)(H,32,33,34). The van der Waals surface area contributed by atoms with Gasteiger partial charge in [-0.1, -0.05) is 18.2 Å². The first-order valence-corrected chi connectivity index (χ1v) is 11.8. The summed E-state index contributed by atoms with van der Waals surface area (Å²) in [6.45, 7) is 5.44. The van der Waals surface area contributed by atoms with Crippen LogP contribution in [0.25, 0.3) is 22.0 Å². The number of carbonyl (C=O) groups excluding carboxylic acids is 1. The summed E-state index contributed by atoms with van der Waals surface area (Å²) >= 11 is 0. The fourth-order valence-corrected chi connectivity index (χ4v) is 3.77. The summed E-state index contributed by atoms with van der Waals surface area (Å²) in [4.78, 5) is 21.3. The lowest BCUT2D eigenvalue weighted by Crippen LogP contribution is -2.27. The second-order valence-electron chi connectivity index (χ2n) is 9.55. The molecule has 0 aliphatic rings. The van der Waals surface area contributed by atoms with Gasteiger partial charge in [0.2, 0.25) is 5.95 Å². The van der Waals surface area contributed by atoms with Crippen molar-refractivity contribution < 1.29 is 27.4 Å². The third-order valence-corrected chi connectivity index (χ3v) is 5.45. The molecule has 0 saturated carbocycles. The Labute approximate surface area is 218 Å². The number of anilines is 2. The maximum Gasteiger partial charge on any atom is 0.416 e. The molecule has 7 nitrogen and oxygen atoms in total. The van der Waals surface area contributed by atoms with E-state index in [1.54, 1.807) is 52.3 Å². The Morgan fingerprint density at radius 3 is 2.50 bits per heavy atom. The molecule has 0 atom stereocenters. The second kappa shape index (κ2) is 10.6. The molecule has 2 N–H and O–H groups in total. The molecule has 4 aromatic rings. The minimum Gasteiger partial charge on any atom is -0.497 e. The summed E-state index contributed by atoms with van der Waals surface area (Å²) in [5, 5.41) is 7.36. The second-order valence-corrected chi connectivity index (χ2v) is 9.55. The van der Waals surface area contributed by atoms with Gasteiger partial charge in [0, 0.05) is 23.7 Å². The van der Waals surface area contributed by atoms with Crippen LogP contribution in [0.4, 0.5) is 29.6 Å². The van der Waals surface area contributed by atoms with Crippen molar-refractivity contribution in [2.45, 2.75) is 39.1 Å². The smallest absolute Gasteiger partial charge is 0.416 e. The van der Waals surface area contributed by atoms with Crippen molar-refractivity contribution in [3.8, 4) is 17.0 Å². The molecule has 0 bridgehead atoms. The maximum absolute atomic E-state index is 13.0. The fraction of sp³-hybridized carbons (Fsp3) is 0.250. The predicted octanol–water partition coefficient (Wildman–Crippen LogP) is 7.28. The van der Waals surface area contributed by atoms with E-state index in [1.807, 2.05) is 24.3 Å². The van der Waals surface area contributed by atoms with E-state index in [0.717, 1.165) is 22.9 Å². The van der Waals surface area contributed by atoms with Gasteiger partial charge < -0.3 is 14.8 Å². The highest BCUT2D eigenvalue weighted by molar-refractivity contribution is 6.03. The summed E-state index contributed by atoms with van der Waals surface area (Å²) < 4.78 is 49.9. The Hall–Kier alpha value is -4.34. The first-order valence-electron chi connectivity index (χ1n) is 11.8. The van der Waals surface area contributed by atoms with E-state index in [4.69, 9.17) is 9.47 Å². The summed E-state index contributed by atoms with van der Waals surface area (Å²) in [5.41, 5.74) is 0.793. The van der Waals surface area contributed by atoms with Crippen molar-refractivity contribution >= 4 is 28.5 Å². The number of nitrogens with one attached hydrogen (secondary N) is 2. The number of amides is 1. The largest absolute Gasteiger partial charge is 0.497 e. The van der Waals surface area contributed by atoms with Gasteiger partial charge in [0.15, 0.2) is 0 Å². The van der Waals surface area contributed by atoms with Crippen LogP contribution in [0.1, 0.15) is 31.9 Å². The van der Waals surface area contributed by atoms with E-state index in [2.05, 4.69) is 20.6 Å². The van der Waals surface area contributed by atoms with Gasteiger partial charge in [-0.3, -0.25) is 5.32 Å². The Bertz CT molecular complexity index is 1470. The molecular weight excluding hydrogens is 497 g/mol. The van der Waals surface area contributed by atoms with Crippen LogP contribution < -0.4 is 15.4 Å². The Morgan fingerprint density at radius 1 is 1.00 bits per heavy atom. The third kappa shape index (κ3) is 6.70. The molecule has 0 spiro atoms. The summed E-state index contributed by atoms with van der Waals surface area (Å²) in [5.74, 6) is 0.872. The predicted molar refractivity (Wildman–Crippen MR) is 140 cm³/mol. The van der Waals surface area contributed by atoms with Gasteiger partial charge in [-0.05, 0) is 74.2 Å². The number of benzene rings is 3. The lowest BCUT2D eigenvalue weighted by molar-refractivity contribution is -0.137. The van der Waals surface area contributed by atoms with Crippen LogP contribution in [0.5, 0.6) is 5.75 Å². The van der Waals surface area contributed by atoms with Gasteiger partial charge in [-0.2, -0.15) is 13.2 Å². The van der Waals surface area contributed by atoms with Crippen LogP contribution in [0.15, 0.2) is 66.9 Å². The van der Waals surface area contributed by atoms with Crippen LogP contribution in [0.3, 0.4) is 0 Å². The lowest BCUT2D eigenvalue weighted by atomic mass is 10.0. The van der Waals surface area contributed by atoms with E-state index in [-0.39, 0.29) is 12.5 Å². The number of aromatic nitrogens is 2. The number of fused-ring (bicyclic) bond motifs is 1. The average molecular weight is 525 g/mol. The van der Waals surface area contributed by atoms with Crippen molar-refractivity contribution in [2.75, 3.05) is 17.7 Å². The number of halogens is 3. The minimum absolute atomic E-state index is 0.107. The van der Waals surface area contributed by atoms with Crippen molar-refractivity contribution in [1.82, 2.24) is 9.97 Å². The highest BCUT2D eigenvalue weighted by atomic mass is 19.4. The minimum atomic E-state index is -4.42. The molecule has 38 heavy (non-hydrogen) atoms. The van der Waals surface area contributed by atoms with E-state index in [0.29, 0.717) is 28.3 Å². The van der Waals surface area contributed by atoms with Gasteiger partial charge in [-0.25, -0.2) is 14.8 Å². The molecular formula is C28H27F3N4O3. The molecule has 0 unspecified atom stereocenters. The number of nitrogens with zero attached hydrogens (tertiary/aromatic N) is 2. The summed E-state index contributed by atoms with van der Waals surface area (Å²) in [6.07, 6.45) is -3.47. The van der Waals surface area contributed by atoms with Gasteiger partial charge >= 0.3 is 12.3 Å². The topological polar surface area (TPSA) is 85.4 Å². The maximum atomic E-state index is 13.0. The van der Waals surface area contributed by atoms with E-state index >= 15 is 0 Å². The molecule has 0 radical (unpaired) electrons. The van der Waals surface area contributed by atoms with Crippen LogP contribution in [0.2, 0.25) is 0 Å². The molecule has 3 aromatic carbocycles. The van der Waals surface area contributed by atoms with Crippen LogP contribution >= 0.6 is 0 Å². The van der Waals surface area contributed by atoms with Crippen molar-refractivity contribution in [3.05, 3.63) is 78.0 Å². The molecule has 0 aliphatic heterocycles. The highest BCUT2D eigenvalue weighted by Crippen LogP contribution is 2.34. The van der Waals surface area contributed by atoms with Crippen LogP contribution in [0, 0.1) is 0 Å². The third-order valence-electron chi connectivity index (χ3n) is 5.45. The van der Waals surface area contributed by atoms with E-state index in [1.165, 1.54) is 6.07 Å². The average Bonchev–Trinajstić information content (AvgIpc) is 2.86. The van der Waals surface area contributed by atoms with Crippen molar-refractivity contribution in [2.24, 2.45) is 0 Å². The number of rotatable bonds is 6. The monoisotopic (exact) mass is 524 g/mol. The van der Waals surface area contributed by atoms with Gasteiger partial charge in [-0.15, -0.1) is 0 Å². The molecule has 0 saturated heterocycles. The number of carbonyl (C=O) groups is 1. The van der Waals surface area contributed by atoms with Gasteiger partial charge in [0.05, 0.1) is 24.1 Å². The number of hydrogen-bond acceptors (Lipinski definition) is 6. The van der Waals surface area contributed by atoms with Gasteiger partial charge in [0.1, 0.15) is 11.4 Å². The molecule has 1 amide bonds. The Kier molecular flexibility index (Phi) is 7.43. The Balaban J connectivity index is 1.64. The molecule has 0 fully saturated rings. The number of hydrogen-bond donors (Lipinski definition) is 2. The fourth-order valence-electron chi connectivity index (χ4n) is 3.77. The van der Waals surface area contributed by atoms with E-state index in [9.17, 15) is 18.0 Å². The number of alkyl halides is 3. The zero-order valence-electron chi connectivity index (χ0n) is 21.3. The zero-order valence-corrected chi connectivity index (χ0v) is 21.3. The van der Waals surface area contributed by atoms with Crippen molar-refractivity contribution in [1.29, 1.82) is 0 Å². The molecule has 4 rings (SSSR count). The Morgan fingerprint density at radius 2 is 1.79 bits per heavy atom. The SMILES string of the molecule is COc1ccc2cc(-c3ccnc(NCc4cccc(C(F)(F)F)c4)n3)cc(NC(=O)OC(C)(C)C)c2c1. The lowest BCUT2D eigenvalue weighted by Gasteiger charge is -2.20. The molecule has 1 aromatic heterocycles. The molecule has 198 valence electrons. The summed E-state index contributed by atoms with van der Waals surface area (Å²) in [6, 6.07) is 15.9. The van der Waals surface area contributed by atoms with Gasteiger partial charge in [0.25, 0.3) is 0 Å². The molecule has 1 heterocycles. The van der Waals surface area contributed by atoms with Crippen LogP contribution in [-0.2, 0) is 17.5 Å². The highest BCUT2D eigenvalue weighted by Gasteiger charge is 2.30. The normalized spacial score (nSPS) is 11.8. The number of ether oxygens (including phenoxy) is 2. The number of methoxy groups -OCH3 is 1. The van der Waals surface area contributed by atoms with Crippen molar-refractivity contribution in [3.63, 3.8) is 0 Å².